The predicted octanol–water partition coefficient (Wildman–Crippen LogP) is 2.29. The summed E-state index contributed by atoms with van der Waals surface area (Å²) in [5, 5.41) is 12.8. The highest BCUT2D eigenvalue weighted by Gasteiger charge is 2.41. The van der Waals surface area contributed by atoms with E-state index in [1.165, 1.54) is 0 Å². The Morgan fingerprint density at radius 3 is 2.83 bits per heavy atom. The van der Waals surface area contributed by atoms with E-state index >= 15 is 0 Å². The van der Waals surface area contributed by atoms with Gasteiger partial charge >= 0.3 is 6.03 Å². The highest BCUT2D eigenvalue weighted by Crippen LogP contribution is 2.32. The van der Waals surface area contributed by atoms with Gasteiger partial charge < -0.3 is 25.0 Å². The maximum atomic E-state index is 12.7. The summed E-state index contributed by atoms with van der Waals surface area (Å²) in [7, 11) is 0. The topological polar surface area (TPSA) is 65.0 Å². The molecule has 24 heavy (non-hydrogen) atoms. The molecular weight excluding hydrogens is 306 g/mol. The zero-order chi connectivity index (χ0) is 17.0. The molecule has 6 nitrogen and oxygen atoms in total. The first kappa shape index (κ1) is 17.0. The van der Waals surface area contributed by atoms with Crippen LogP contribution in [-0.4, -0.2) is 61.0 Å². The van der Waals surface area contributed by atoms with Gasteiger partial charge in [-0.1, -0.05) is 13.0 Å². The molecule has 0 aliphatic carbocycles. The van der Waals surface area contributed by atoms with Gasteiger partial charge in [0.2, 0.25) is 0 Å². The van der Waals surface area contributed by atoms with Crippen LogP contribution >= 0.6 is 0 Å². The minimum atomic E-state index is -0.411. The predicted molar refractivity (Wildman–Crippen MR) is 94.5 cm³/mol. The van der Waals surface area contributed by atoms with E-state index in [1.54, 1.807) is 4.90 Å². The van der Waals surface area contributed by atoms with Crippen molar-refractivity contribution in [3.63, 3.8) is 0 Å². The average molecular weight is 333 g/mol. The van der Waals surface area contributed by atoms with Crippen LogP contribution < -0.4 is 10.2 Å². The number of hydrogen-bond acceptors (Lipinski definition) is 4. The van der Waals surface area contributed by atoms with E-state index in [-0.39, 0.29) is 12.6 Å². The van der Waals surface area contributed by atoms with Crippen LogP contribution in [0.4, 0.5) is 16.2 Å². The molecule has 2 aliphatic heterocycles. The minimum Gasteiger partial charge on any atom is -0.394 e. The second-order valence-electron chi connectivity index (χ2n) is 6.57. The Labute approximate surface area is 143 Å². The van der Waals surface area contributed by atoms with Gasteiger partial charge in [-0.05, 0) is 37.5 Å². The van der Waals surface area contributed by atoms with Gasteiger partial charge in [-0.3, -0.25) is 0 Å². The van der Waals surface area contributed by atoms with Gasteiger partial charge in [0.1, 0.15) is 0 Å². The Morgan fingerprint density at radius 2 is 2.12 bits per heavy atom. The smallest absolute Gasteiger partial charge is 0.322 e. The van der Waals surface area contributed by atoms with E-state index in [4.69, 9.17) is 4.74 Å². The molecule has 2 aliphatic rings. The Bertz CT molecular complexity index is 568. The van der Waals surface area contributed by atoms with Crippen molar-refractivity contribution in [2.75, 3.05) is 49.7 Å². The van der Waals surface area contributed by atoms with E-state index in [0.29, 0.717) is 6.54 Å². The molecule has 1 atom stereocenters. The second kappa shape index (κ2) is 7.40. The standard InChI is InChI=1S/C18H27N3O3/c1-2-18(14-22)7-4-8-21(18)17(23)19-15-5-3-6-16(13-15)20-9-11-24-12-10-20/h3,5-6,13,22H,2,4,7-12,14H2,1H3,(H,19,23). The number of morpholine rings is 1. The van der Waals surface area contributed by atoms with E-state index in [0.717, 1.165) is 56.9 Å². The van der Waals surface area contributed by atoms with Crippen molar-refractivity contribution in [3.05, 3.63) is 24.3 Å². The van der Waals surface area contributed by atoms with Crippen molar-refractivity contribution >= 4 is 17.4 Å². The van der Waals surface area contributed by atoms with E-state index < -0.39 is 5.54 Å². The molecule has 1 aromatic carbocycles. The number of amides is 2. The normalized spacial score (nSPS) is 24.2. The molecular formula is C18H27N3O3. The molecule has 2 saturated heterocycles. The number of benzene rings is 1. The number of nitrogens with one attached hydrogen (secondary N) is 1. The molecule has 1 aromatic rings. The fourth-order valence-electron chi connectivity index (χ4n) is 3.69. The first-order chi connectivity index (χ1) is 11.7. The third kappa shape index (κ3) is 3.35. The fraction of sp³-hybridized carbons (Fsp3) is 0.611. The molecule has 3 rings (SSSR count). The summed E-state index contributed by atoms with van der Waals surface area (Å²) in [4.78, 5) is 16.8. The number of rotatable bonds is 4. The van der Waals surface area contributed by atoms with E-state index in [1.807, 2.05) is 25.1 Å². The lowest BCUT2D eigenvalue weighted by Gasteiger charge is -2.36. The third-order valence-electron chi connectivity index (χ3n) is 5.27. The first-order valence-electron chi connectivity index (χ1n) is 8.81. The van der Waals surface area contributed by atoms with Crippen molar-refractivity contribution in [2.24, 2.45) is 0 Å². The Balaban J connectivity index is 1.70. The summed E-state index contributed by atoms with van der Waals surface area (Å²) in [6.07, 6.45) is 2.57. The Hall–Kier alpha value is -1.79. The number of carbonyl (C=O) groups is 1. The van der Waals surface area contributed by atoms with Gasteiger partial charge in [-0.2, -0.15) is 0 Å². The second-order valence-corrected chi connectivity index (χ2v) is 6.57. The molecule has 0 radical (unpaired) electrons. The third-order valence-corrected chi connectivity index (χ3v) is 5.27. The number of ether oxygens (including phenoxy) is 1. The molecule has 0 aromatic heterocycles. The summed E-state index contributed by atoms with van der Waals surface area (Å²) < 4.78 is 5.39. The van der Waals surface area contributed by atoms with Crippen molar-refractivity contribution in [1.82, 2.24) is 4.90 Å². The van der Waals surface area contributed by atoms with Crippen LogP contribution in [0.2, 0.25) is 0 Å². The lowest BCUT2D eigenvalue weighted by atomic mass is 9.94. The summed E-state index contributed by atoms with van der Waals surface area (Å²) in [6, 6.07) is 7.81. The van der Waals surface area contributed by atoms with Crippen molar-refractivity contribution in [1.29, 1.82) is 0 Å². The highest BCUT2D eigenvalue weighted by molar-refractivity contribution is 5.90. The SMILES string of the molecule is CCC1(CO)CCCN1C(=O)Nc1cccc(N2CCOCC2)c1. The van der Waals surface area contributed by atoms with Crippen molar-refractivity contribution in [3.8, 4) is 0 Å². The molecule has 0 saturated carbocycles. The van der Waals surface area contributed by atoms with Gasteiger partial charge in [0.25, 0.3) is 0 Å². The van der Waals surface area contributed by atoms with Crippen LogP contribution in [0, 0.1) is 0 Å². The number of anilines is 2. The fourth-order valence-corrected chi connectivity index (χ4v) is 3.69. The van der Waals surface area contributed by atoms with Gasteiger partial charge in [-0.15, -0.1) is 0 Å². The molecule has 0 bridgehead atoms. The molecule has 6 heteroatoms. The summed E-state index contributed by atoms with van der Waals surface area (Å²) in [5.41, 5.74) is 1.48. The number of carbonyl (C=O) groups excluding carboxylic acids is 1. The number of urea groups is 1. The first-order valence-corrected chi connectivity index (χ1v) is 8.81. The number of aliphatic hydroxyl groups excluding tert-OH is 1. The Kier molecular flexibility index (Phi) is 5.26. The Morgan fingerprint density at radius 1 is 1.33 bits per heavy atom. The van der Waals surface area contributed by atoms with E-state index in [9.17, 15) is 9.90 Å². The van der Waals surface area contributed by atoms with Crippen LogP contribution in [0.1, 0.15) is 26.2 Å². The molecule has 2 heterocycles. The number of likely N-dealkylation sites (tertiary alicyclic amines) is 1. The minimum absolute atomic E-state index is 0.0186. The van der Waals surface area contributed by atoms with Crippen LogP contribution in [0.25, 0.3) is 0 Å². The van der Waals surface area contributed by atoms with Crippen molar-refractivity contribution < 1.29 is 14.6 Å². The summed E-state index contributed by atoms with van der Waals surface area (Å²) in [5.74, 6) is 0. The zero-order valence-electron chi connectivity index (χ0n) is 14.3. The molecule has 2 amide bonds. The molecule has 2 N–H and O–H groups in total. The van der Waals surface area contributed by atoms with Gasteiger partial charge in [0.15, 0.2) is 0 Å². The maximum absolute atomic E-state index is 12.7. The number of hydrogen-bond donors (Lipinski definition) is 2. The van der Waals surface area contributed by atoms with Crippen LogP contribution in [0.5, 0.6) is 0 Å². The molecule has 2 fully saturated rings. The maximum Gasteiger partial charge on any atom is 0.322 e. The molecule has 1 unspecified atom stereocenters. The highest BCUT2D eigenvalue weighted by atomic mass is 16.5. The van der Waals surface area contributed by atoms with E-state index in [2.05, 4.69) is 16.3 Å². The zero-order valence-corrected chi connectivity index (χ0v) is 14.3. The average Bonchev–Trinajstić information content (AvgIpc) is 3.07. The van der Waals surface area contributed by atoms with Gasteiger partial charge in [-0.25, -0.2) is 4.79 Å². The van der Waals surface area contributed by atoms with Crippen molar-refractivity contribution in [2.45, 2.75) is 31.7 Å². The number of nitrogens with zero attached hydrogens (tertiary/aromatic N) is 2. The summed E-state index contributed by atoms with van der Waals surface area (Å²) >= 11 is 0. The molecule has 132 valence electrons. The lowest BCUT2D eigenvalue weighted by Crippen LogP contribution is -2.51. The lowest BCUT2D eigenvalue weighted by molar-refractivity contribution is 0.0867. The number of aliphatic hydroxyl groups is 1. The summed E-state index contributed by atoms with van der Waals surface area (Å²) in [6.45, 7) is 5.95. The molecule has 0 spiro atoms. The van der Waals surface area contributed by atoms with Crippen LogP contribution in [-0.2, 0) is 4.74 Å². The quantitative estimate of drug-likeness (QED) is 0.887. The van der Waals surface area contributed by atoms with Crippen LogP contribution in [0.15, 0.2) is 24.3 Å². The van der Waals surface area contributed by atoms with Gasteiger partial charge in [0, 0.05) is 31.0 Å². The van der Waals surface area contributed by atoms with Gasteiger partial charge in [0.05, 0.1) is 25.4 Å². The monoisotopic (exact) mass is 333 g/mol. The largest absolute Gasteiger partial charge is 0.394 e. The van der Waals surface area contributed by atoms with Crippen LogP contribution in [0.3, 0.4) is 0 Å².